The summed E-state index contributed by atoms with van der Waals surface area (Å²) in [6.45, 7) is 1.81. The standard InChI is InChI=1S/C27H21ClN2O4/c1-16-22(26(32)30(29(16)2)17-10-4-3-5-11-17)23(18-12-6-8-14-20(18)28)24-25(31)19-13-7-9-15-21(19)34-27(24)33/h3-15,23,31H,1-2H3/t23-/m1/s1. The first kappa shape index (κ1) is 21.8. The molecule has 0 aliphatic carbocycles. The average Bonchev–Trinajstić information content (AvgIpc) is 3.06. The molecule has 0 bridgehead atoms. The van der Waals surface area contributed by atoms with Crippen LogP contribution in [0.3, 0.4) is 0 Å². The van der Waals surface area contributed by atoms with E-state index in [0.29, 0.717) is 32.9 Å². The van der Waals surface area contributed by atoms with Crippen molar-refractivity contribution >= 4 is 22.6 Å². The zero-order valence-electron chi connectivity index (χ0n) is 18.5. The summed E-state index contributed by atoms with van der Waals surface area (Å²) in [5.41, 5.74) is 1.35. The lowest BCUT2D eigenvalue weighted by Crippen LogP contribution is -2.25. The molecule has 170 valence electrons. The van der Waals surface area contributed by atoms with Crippen LogP contribution in [0.5, 0.6) is 5.75 Å². The highest BCUT2D eigenvalue weighted by atomic mass is 35.5. The molecule has 0 amide bonds. The van der Waals surface area contributed by atoms with Crippen LogP contribution in [0.1, 0.15) is 28.3 Å². The van der Waals surface area contributed by atoms with Gasteiger partial charge in [-0.1, -0.05) is 60.1 Å². The second-order valence-electron chi connectivity index (χ2n) is 8.08. The molecule has 34 heavy (non-hydrogen) atoms. The second-order valence-corrected chi connectivity index (χ2v) is 8.48. The lowest BCUT2D eigenvalue weighted by Gasteiger charge is -2.19. The highest BCUT2D eigenvalue weighted by Crippen LogP contribution is 2.40. The molecule has 2 aromatic heterocycles. The summed E-state index contributed by atoms with van der Waals surface area (Å²) in [4.78, 5) is 27.1. The topological polar surface area (TPSA) is 77.4 Å². The Morgan fingerprint density at radius 3 is 2.26 bits per heavy atom. The first-order chi connectivity index (χ1) is 16.4. The molecule has 0 saturated heterocycles. The van der Waals surface area contributed by atoms with Gasteiger partial charge in [0.1, 0.15) is 11.3 Å². The van der Waals surface area contributed by atoms with Crippen LogP contribution in [-0.4, -0.2) is 14.5 Å². The van der Waals surface area contributed by atoms with Crippen LogP contribution < -0.4 is 11.2 Å². The van der Waals surface area contributed by atoms with Gasteiger partial charge in [0.15, 0.2) is 0 Å². The number of halogens is 1. The highest BCUT2D eigenvalue weighted by molar-refractivity contribution is 6.31. The van der Waals surface area contributed by atoms with Crippen molar-refractivity contribution in [3.05, 3.63) is 127 Å². The van der Waals surface area contributed by atoms with E-state index in [4.69, 9.17) is 16.0 Å². The molecule has 3 aromatic carbocycles. The Kier molecular flexibility index (Phi) is 5.38. The Morgan fingerprint density at radius 2 is 1.53 bits per heavy atom. The summed E-state index contributed by atoms with van der Waals surface area (Å²) in [6.07, 6.45) is 0. The quantitative estimate of drug-likeness (QED) is 0.368. The van der Waals surface area contributed by atoms with Crippen molar-refractivity contribution in [2.75, 3.05) is 0 Å². The number of aromatic hydroxyl groups is 1. The van der Waals surface area contributed by atoms with E-state index in [9.17, 15) is 14.7 Å². The summed E-state index contributed by atoms with van der Waals surface area (Å²) in [7, 11) is 1.78. The van der Waals surface area contributed by atoms with Gasteiger partial charge in [-0.25, -0.2) is 9.48 Å². The SMILES string of the molecule is Cc1c([C@@H](c2ccccc2Cl)c2c(O)c3ccccc3oc2=O)c(=O)n(-c2ccccc2)n1C. The van der Waals surface area contributed by atoms with Crippen molar-refractivity contribution in [1.29, 1.82) is 0 Å². The molecule has 0 aliphatic heterocycles. The van der Waals surface area contributed by atoms with E-state index in [2.05, 4.69) is 0 Å². The van der Waals surface area contributed by atoms with Gasteiger partial charge < -0.3 is 9.52 Å². The molecule has 7 heteroatoms. The molecule has 0 spiro atoms. The molecule has 0 unspecified atom stereocenters. The van der Waals surface area contributed by atoms with Crippen molar-refractivity contribution in [2.24, 2.45) is 7.05 Å². The minimum atomic E-state index is -0.946. The minimum Gasteiger partial charge on any atom is -0.507 e. The normalized spacial score (nSPS) is 12.2. The van der Waals surface area contributed by atoms with E-state index in [1.807, 2.05) is 30.3 Å². The Hall–Kier alpha value is -4.03. The van der Waals surface area contributed by atoms with E-state index in [1.165, 1.54) is 4.68 Å². The first-order valence-electron chi connectivity index (χ1n) is 10.7. The maximum Gasteiger partial charge on any atom is 0.344 e. The summed E-state index contributed by atoms with van der Waals surface area (Å²) in [5, 5.41) is 12.0. The Morgan fingerprint density at radius 1 is 0.882 bits per heavy atom. The molecule has 5 rings (SSSR count). The number of nitrogens with zero attached hydrogens (tertiary/aromatic N) is 2. The van der Waals surface area contributed by atoms with Crippen LogP contribution in [0.25, 0.3) is 16.7 Å². The van der Waals surface area contributed by atoms with E-state index in [1.54, 1.807) is 67.2 Å². The third-order valence-corrected chi connectivity index (χ3v) is 6.56. The van der Waals surface area contributed by atoms with Gasteiger partial charge in [-0.05, 0) is 42.8 Å². The Labute approximate surface area is 199 Å². The Bertz CT molecular complexity index is 1650. The van der Waals surface area contributed by atoms with Crippen molar-refractivity contribution in [2.45, 2.75) is 12.8 Å². The first-order valence-corrected chi connectivity index (χ1v) is 11.1. The molecule has 0 fully saturated rings. The smallest absolute Gasteiger partial charge is 0.344 e. The van der Waals surface area contributed by atoms with E-state index in [-0.39, 0.29) is 22.5 Å². The molecular weight excluding hydrogens is 452 g/mol. The monoisotopic (exact) mass is 472 g/mol. The van der Waals surface area contributed by atoms with E-state index < -0.39 is 11.5 Å². The van der Waals surface area contributed by atoms with Gasteiger partial charge in [0, 0.05) is 17.8 Å². The van der Waals surface area contributed by atoms with E-state index in [0.717, 1.165) is 0 Å². The number of para-hydroxylation sites is 2. The van der Waals surface area contributed by atoms with Gasteiger partial charge in [0.05, 0.1) is 28.1 Å². The summed E-state index contributed by atoms with van der Waals surface area (Å²) in [5.74, 6) is -1.18. The molecule has 6 nitrogen and oxygen atoms in total. The fourth-order valence-corrected chi connectivity index (χ4v) is 4.73. The molecule has 2 heterocycles. The van der Waals surface area contributed by atoms with Gasteiger partial charge in [-0.3, -0.25) is 9.48 Å². The fraction of sp³-hybridized carbons (Fsp3) is 0.111. The van der Waals surface area contributed by atoms with Crippen LogP contribution in [0.4, 0.5) is 0 Å². The molecule has 1 N–H and O–H groups in total. The number of rotatable bonds is 4. The molecule has 0 aliphatic rings. The predicted octanol–water partition coefficient (Wildman–Crippen LogP) is 5.13. The maximum absolute atomic E-state index is 13.9. The number of fused-ring (bicyclic) bond motifs is 1. The van der Waals surface area contributed by atoms with Crippen molar-refractivity contribution in [3.63, 3.8) is 0 Å². The highest BCUT2D eigenvalue weighted by Gasteiger charge is 2.33. The maximum atomic E-state index is 13.9. The number of benzene rings is 3. The van der Waals surface area contributed by atoms with Crippen molar-refractivity contribution in [1.82, 2.24) is 9.36 Å². The minimum absolute atomic E-state index is 0.0298. The largest absolute Gasteiger partial charge is 0.507 e. The third kappa shape index (κ3) is 3.35. The number of hydrogen-bond acceptors (Lipinski definition) is 4. The van der Waals surface area contributed by atoms with Crippen LogP contribution in [-0.2, 0) is 7.05 Å². The third-order valence-electron chi connectivity index (χ3n) is 6.21. The van der Waals surface area contributed by atoms with Gasteiger partial charge in [-0.2, -0.15) is 0 Å². The summed E-state index contributed by atoms with van der Waals surface area (Å²) < 4.78 is 8.83. The zero-order valence-corrected chi connectivity index (χ0v) is 19.3. The van der Waals surface area contributed by atoms with Crippen LogP contribution >= 0.6 is 11.6 Å². The summed E-state index contributed by atoms with van der Waals surface area (Å²) in [6, 6.07) is 23.0. The number of hydrogen-bond donors (Lipinski definition) is 1. The lowest BCUT2D eigenvalue weighted by molar-refractivity contribution is 0.455. The summed E-state index contributed by atoms with van der Waals surface area (Å²) >= 11 is 6.58. The molecule has 5 aromatic rings. The van der Waals surface area contributed by atoms with Crippen molar-refractivity contribution in [3.8, 4) is 11.4 Å². The van der Waals surface area contributed by atoms with Crippen LogP contribution in [0.2, 0.25) is 5.02 Å². The Balaban J connectivity index is 1.89. The predicted molar refractivity (Wildman–Crippen MR) is 132 cm³/mol. The molecule has 0 radical (unpaired) electrons. The van der Waals surface area contributed by atoms with Gasteiger partial charge in [-0.15, -0.1) is 0 Å². The second kappa shape index (κ2) is 8.39. The molecule has 1 atom stereocenters. The zero-order chi connectivity index (χ0) is 24.0. The van der Waals surface area contributed by atoms with Crippen molar-refractivity contribution < 1.29 is 9.52 Å². The van der Waals surface area contributed by atoms with E-state index >= 15 is 0 Å². The van der Waals surface area contributed by atoms with Crippen LogP contribution in [0.15, 0.2) is 92.9 Å². The molecular formula is C27H21ClN2O4. The fourth-order valence-electron chi connectivity index (χ4n) is 4.49. The molecule has 0 saturated carbocycles. The average molecular weight is 473 g/mol. The van der Waals surface area contributed by atoms with Gasteiger partial charge >= 0.3 is 5.63 Å². The van der Waals surface area contributed by atoms with Crippen LogP contribution in [0, 0.1) is 6.92 Å². The number of aromatic nitrogens is 2. The van der Waals surface area contributed by atoms with Gasteiger partial charge in [0.2, 0.25) is 0 Å². The van der Waals surface area contributed by atoms with Gasteiger partial charge in [0.25, 0.3) is 5.56 Å². The lowest BCUT2D eigenvalue weighted by atomic mass is 9.85.